The monoisotopic (exact) mass is 304 g/mol. The third-order valence-electron chi connectivity index (χ3n) is 4.18. The van der Waals surface area contributed by atoms with Crippen LogP contribution >= 0.6 is 0 Å². The fourth-order valence-corrected chi connectivity index (χ4v) is 2.85. The van der Waals surface area contributed by atoms with Gasteiger partial charge in [0.15, 0.2) is 6.54 Å². The first-order chi connectivity index (χ1) is 10.5. The number of piperazine rings is 1. The molecule has 120 valence electrons. The average Bonchev–Trinajstić information content (AvgIpc) is 2.48. The molecule has 0 spiro atoms. The highest BCUT2D eigenvalue weighted by Crippen LogP contribution is 2.23. The van der Waals surface area contributed by atoms with Crippen LogP contribution in [0.3, 0.4) is 0 Å². The average molecular weight is 304 g/mol. The molecule has 2 rings (SSSR count). The van der Waals surface area contributed by atoms with E-state index in [0.29, 0.717) is 12.5 Å². The Labute approximate surface area is 132 Å². The van der Waals surface area contributed by atoms with Crippen LogP contribution in [0.5, 0.6) is 0 Å². The minimum atomic E-state index is 0.0411. The number of carbonyl (C=O) groups excluding carboxylic acids is 2. The van der Waals surface area contributed by atoms with Gasteiger partial charge in [-0.2, -0.15) is 0 Å². The highest BCUT2D eigenvalue weighted by molar-refractivity contribution is 5.92. The Morgan fingerprint density at radius 3 is 2.45 bits per heavy atom. The third-order valence-corrected chi connectivity index (χ3v) is 4.18. The van der Waals surface area contributed by atoms with Gasteiger partial charge in [-0.3, -0.25) is 9.59 Å². The highest BCUT2D eigenvalue weighted by atomic mass is 16.2. The summed E-state index contributed by atoms with van der Waals surface area (Å²) in [6.07, 6.45) is 0. The van der Waals surface area contributed by atoms with Crippen LogP contribution in [-0.4, -0.2) is 49.4 Å². The lowest BCUT2D eigenvalue weighted by atomic mass is 10.0. The smallest absolute Gasteiger partial charge is 0.279 e. The number of amides is 2. The van der Waals surface area contributed by atoms with Gasteiger partial charge >= 0.3 is 0 Å². The lowest BCUT2D eigenvalue weighted by Crippen LogP contribution is -3.15. The van der Waals surface area contributed by atoms with E-state index in [1.807, 2.05) is 23.1 Å². The molecular weight excluding hydrogens is 278 g/mol. The first-order valence-corrected chi connectivity index (χ1v) is 7.95. The van der Waals surface area contributed by atoms with Crippen LogP contribution in [0.2, 0.25) is 0 Å². The zero-order chi connectivity index (χ0) is 16.1. The number of benzene rings is 1. The van der Waals surface area contributed by atoms with E-state index in [1.165, 1.54) is 4.90 Å². The van der Waals surface area contributed by atoms with Gasteiger partial charge in [-0.1, -0.05) is 32.0 Å². The molecule has 5 nitrogen and oxygen atoms in total. The van der Waals surface area contributed by atoms with Crippen LogP contribution in [0.1, 0.15) is 32.3 Å². The Morgan fingerprint density at radius 2 is 1.86 bits per heavy atom. The molecule has 0 unspecified atom stereocenters. The minimum absolute atomic E-state index is 0.0411. The van der Waals surface area contributed by atoms with Gasteiger partial charge < -0.3 is 15.1 Å². The molecule has 1 aliphatic heterocycles. The number of para-hydroxylation sites is 1. The van der Waals surface area contributed by atoms with E-state index in [4.69, 9.17) is 0 Å². The molecule has 1 saturated heterocycles. The molecular formula is C17H26N3O2+. The largest absolute Gasteiger partial charge is 0.332 e. The van der Waals surface area contributed by atoms with Crippen LogP contribution < -0.4 is 10.2 Å². The molecule has 5 heteroatoms. The van der Waals surface area contributed by atoms with E-state index in [1.54, 1.807) is 6.92 Å². The fraction of sp³-hybridized carbons (Fsp3) is 0.529. The number of carbonyl (C=O) groups is 2. The topological polar surface area (TPSA) is 53.9 Å². The molecule has 1 aliphatic rings. The normalized spacial score (nSPS) is 15.9. The molecule has 0 saturated carbocycles. The number of quaternary nitrogens is 1. The summed E-state index contributed by atoms with van der Waals surface area (Å²) in [5, 5.41) is 3.03. The van der Waals surface area contributed by atoms with Crippen molar-refractivity contribution in [3.63, 3.8) is 0 Å². The van der Waals surface area contributed by atoms with Crippen LogP contribution in [0.4, 0.5) is 5.69 Å². The summed E-state index contributed by atoms with van der Waals surface area (Å²) in [5.41, 5.74) is 2.07. The van der Waals surface area contributed by atoms with E-state index in [0.717, 1.165) is 37.4 Å². The van der Waals surface area contributed by atoms with Crippen molar-refractivity contribution in [2.45, 2.75) is 26.7 Å². The van der Waals surface area contributed by atoms with Crippen LogP contribution in [-0.2, 0) is 9.59 Å². The van der Waals surface area contributed by atoms with E-state index in [-0.39, 0.29) is 11.8 Å². The first-order valence-electron chi connectivity index (χ1n) is 7.95. The van der Waals surface area contributed by atoms with Gasteiger partial charge in [0.05, 0.1) is 26.2 Å². The summed E-state index contributed by atoms with van der Waals surface area (Å²) in [5.74, 6) is 0.539. The molecule has 22 heavy (non-hydrogen) atoms. The number of nitrogens with zero attached hydrogens (tertiary/aromatic N) is 1. The van der Waals surface area contributed by atoms with E-state index < -0.39 is 0 Å². The Bertz CT molecular complexity index is 534. The van der Waals surface area contributed by atoms with Gasteiger partial charge in [-0.15, -0.1) is 0 Å². The number of hydrogen-bond donors (Lipinski definition) is 2. The molecule has 0 bridgehead atoms. The van der Waals surface area contributed by atoms with Crippen LogP contribution in [0.15, 0.2) is 24.3 Å². The molecule has 0 atom stereocenters. The third kappa shape index (κ3) is 4.31. The second-order valence-corrected chi connectivity index (χ2v) is 6.22. The Balaban J connectivity index is 1.88. The molecule has 0 radical (unpaired) electrons. The standard InChI is InChI=1S/C17H25N3O2/c1-13(2)15-6-4-5-7-16(15)18-17(22)12-19-8-10-20(11-9-19)14(3)21/h4-7,13H,8-12H2,1-3H3,(H,18,22)/p+1. The zero-order valence-corrected chi connectivity index (χ0v) is 13.7. The highest BCUT2D eigenvalue weighted by Gasteiger charge is 2.23. The SMILES string of the molecule is CC(=O)N1CC[NH+](CC(=O)Nc2ccccc2C(C)C)CC1. The summed E-state index contributed by atoms with van der Waals surface area (Å²) in [4.78, 5) is 26.6. The van der Waals surface area contributed by atoms with Gasteiger partial charge in [0.25, 0.3) is 5.91 Å². The molecule has 1 aromatic carbocycles. The van der Waals surface area contributed by atoms with Gasteiger partial charge in [0.1, 0.15) is 0 Å². The van der Waals surface area contributed by atoms with Gasteiger partial charge in [0.2, 0.25) is 5.91 Å². The maximum absolute atomic E-state index is 12.3. The quantitative estimate of drug-likeness (QED) is 0.851. The van der Waals surface area contributed by atoms with Crippen molar-refractivity contribution in [2.24, 2.45) is 0 Å². The molecule has 1 heterocycles. The maximum Gasteiger partial charge on any atom is 0.279 e. The molecule has 2 N–H and O–H groups in total. The molecule has 2 amide bonds. The second-order valence-electron chi connectivity index (χ2n) is 6.22. The van der Waals surface area contributed by atoms with Crippen molar-refractivity contribution in [2.75, 3.05) is 38.0 Å². The van der Waals surface area contributed by atoms with Crippen molar-refractivity contribution in [3.05, 3.63) is 29.8 Å². The number of anilines is 1. The van der Waals surface area contributed by atoms with Gasteiger partial charge in [-0.25, -0.2) is 0 Å². The van der Waals surface area contributed by atoms with Crippen molar-refractivity contribution in [3.8, 4) is 0 Å². The second kappa shape index (κ2) is 7.40. The predicted octanol–water partition coefficient (Wildman–Crippen LogP) is 0.496. The Hall–Kier alpha value is -1.88. The lowest BCUT2D eigenvalue weighted by molar-refractivity contribution is -0.895. The summed E-state index contributed by atoms with van der Waals surface area (Å²) < 4.78 is 0. The van der Waals surface area contributed by atoms with Crippen molar-refractivity contribution < 1.29 is 14.5 Å². The van der Waals surface area contributed by atoms with Crippen LogP contribution in [0, 0.1) is 0 Å². The van der Waals surface area contributed by atoms with E-state index >= 15 is 0 Å². The molecule has 1 fully saturated rings. The van der Waals surface area contributed by atoms with E-state index in [9.17, 15) is 9.59 Å². The van der Waals surface area contributed by atoms with Crippen molar-refractivity contribution in [1.82, 2.24) is 4.90 Å². The summed E-state index contributed by atoms with van der Waals surface area (Å²) in [6, 6.07) is 7.95. The lowest BCUT2D eigenvalue weighted by Gasteiger charge is -2.31. The fourth-order valence-electron chi connectivity index (χ4n) is 2.85. The predicted molar refractivity (Wildman–Crippen MR) is 87.0 cm³/mol. The Morgan fingerprint density at radius 1 is 1.23 bits per heavy atom. The van der Waals surface area contributed by atoms with E-state index in [2.05, 4.69) is 25.2 Å². The van der Waals surface area contributed by atoms with Crippen molar-refractivity contribution >= 4 is 17.5 Å². The van der Waals surface area contributed by atoms with Crippen LogP contribution in [0.25, 0.3) is 0 Å². The zero-order valence-electron chi connectivity index (χ0n) is 13.7. The first kappa shape index (κ1) is 16.5. The molecule has 0 aliphatic carbocycles. The summed E-state index contributed by atoms with van der Waals surface area (Å²) >= 11 is 0. The molecule has 1 aromatic rings. The Kier molecular flexibility index (Phi) is 5.55. The van der Waals surface area contributed by atoms with Crippen molar-refractivity contribution in [1.29, 1.82) is 0 Å². The summed E-state index contributed by atoms with van der Waals surface area (Å²) in [6.45, 7) is 9.44. The number of rotatable bonds is 4. The summed E-state index contributed by atoms with van der Waals surface area (Å²) in [7, 11) is 0. The maximum atomic E-state index is 12.3. The van der Waals surface area contributed by atoms with Gasteiger partial charge in [0, 0.05) is 12.6 Å². The number of hydrogen-bond acceptors (Lipinski definition) is 2. The minimum Gasteiger partial charge on any atom is -0.332 e. The van der Waals surface area contributed by atoms with Gasteiger partial charge in [-0.05, 0) is 17.5 Å². The number of nitrogens with one attached hydrogen (secondary N) is 2. The molecule has 0 aromatic heterocycles.